The van der Waals surface area contributed by atoms with Crippen molar-refractivity contribution < 1.29 is 9.90 Å². The van der Waals surface area contributed by atoms with Crippen LogP contribution in [-0.4, -0.2) is 34.4 Å². The van der Waals surface area contributed by atoms with Gasteiger partial charge in [-0.25, -0.2) is 4.79 Å². The topological polar surface area (TPSA) is 58.4 Å². The highest BCUT2D eigenvalue weighted by Crippen LogP contribution is 2.22. The molecule has 1 aromatic rings. The molecule has 0 saturated heterocycles. The Bertz CT molecular complexity index is 385. The van der Waals surface area contributed by atoms with Crippen molar-refractivity contribution in [1.82, 2.24) is 9.78 Å². The Morgan fingerprint density at radius 2 is 2.19 bits per heavy atom. The van der Waals surface area contributed by atoms with E-state index in [2.05, 4.69) is 12.0 Å². The number of carboxylic acids is 1. The van der Waals surface area contributed by atoms with Crippen molar-refractivity contribution in [1.29, 1.82) is 0 Å². The second kappa shape index (κ2) is 5.01. The lowest BCUT2D eigenvalue weighted by molar-refractivity contribution is 0.0696. The van der Waals surface area contributed by atoms with E-state index in [1.807, 2.05) is 11.9 Å². The van der Waals surface area contributed by atoms with Crippen molar-refractivity contribution in [3.05, 3.63) is 11.3 Å². The molecule has 0 spiro atoms. The van der Waals surface area contributed by atoms with Gasteiger partial charge in [0.05, 0.1) is 5.69 Å². The van der Waals surface area contributed by atoms with Crippen molar-refractivity contribution >= 4 is 11.8 Å². The van der Waals surface area contributed by atoms with E-state index < -0.39 is 5.97 Å². The first-order valence-electron chi connectivity index (χ1n) is 5.47. The van der Waals surface area contributed by atoms with Gasteiger partial charge < -0.3 is 10.0 Å². The summed E-state index contributed by atoms with van der Waals surface area (Å²) < 4.78 is 1.63. The average molecular weight is 225 g/mol. The van der Waals surface area contributed by atoms with Crippen LogP contribution in [-0.2, 0) is 7.05 Å². The molecule has 0 atom stereocenters. The van der Waals surface area contributed by atoms with Crippen LogP contribution in [0, 0.1) is 6.92 Å². The van der Waals surface area contributed by atoms with Gasteiger partial charge in [-0.05, 0) is 13.3 Å². The van der Waals surface area contributed by atoms with Crippen LogP contribution in [0.15, 0.2) is 0 Å². The zero-order chi connectivity index (χ0) is 12.3. The SMILES string of the molecule is CCCCN(C)c1c(C(=O)O)c(C)nn1C. The average Bonchev–Trinajstić information content (AvgIpc) is 2.50. The summed E-state index contributed by atoms with van der Waals surface area (Å²) in [6.45, 7) is 4.68. The van der Waals surface area contributed by atoms with Crippen LogP contribution in [0.5, 0.6) is 0 Å². The third-order valence-corrected chi connectivity index (χ3v) is 2.61. The standard InChI is InChI=1S/C11H19N3O2/c1-5-6-7-13(3)10-9(11(15)16)8(2)12-14(10)4/h5-7H2,1-4H3,(H,15,16). The quantitative estimate of drug-likeness (QED) is 0.828. The third kappa shape index (κ3) is 2.35. The van der Waals surface area contributed by atoms with Gasteiger partial charge in [-0.3, -0.25) is 4.68 Å². The van der Waals surface area contributed by atoms with Crippen molar-refractivity contribution in [2.45, 2.75) is 26.7 Å². The number of aromatic carboxylic acids is 1. The minimum Gasteiger partial charge on any atom is -0.477 e. The number of rotatable bonds is 5. The molecule has 5 heteroatoms. The van der Waals surface area contributed by atoms with Crippen LogP contribution in [0.3, 0.4) is 0 Å². The monoisotopic (exact) mass is 225 g/mol. The molecule has 0 amide bonds. The maximum Gasteiger partial charge on any atom is 0.341 e. The molecule has 0 aromatic carbocycles. The van der Waals surface area contributed by atoms with Crippen LogP contribution >= 0.6 is 0 Å². The minimum absolute atomic E-state index is 0.307. The summed E-state index contributed by atoms with van der Waals surface area (Å²) in [6.07, 6.45) is 2.13. The normalized spacial score (nSPS) is 10.5. The van der Waals surface area contributed by atoms with Gasteiger partial charge in [0, 0.05) is 20.6 Å². The molecule has 1 rings (SSSR count). The molecule has 0 bridgehead atoms. The van der Waals surface area contributed by atoms with Gasteiger partial charge in [0.1, 0.15) is 11.4 Å². The number of aryl methyl sites for hydroxylation is 2. The first kappa shape index (κ1) is 12.5. The maximum atomic E-state index is 11.2. The molecule has 1 aromatic heterocycles. The van der Waals surface area contributed by atoms with Crippen LogP contribution in [0.2, 0.25) is 0 Å². The lowest BCUT2D eigenvalue weighted by Crippen LogP contribution is -2.23. The summed E-state index contributed by atoms with van der Waals surface area (Å²) in [5, 5.41) is 13.3. The van der Waals surface area contributed by atoms with Crippen molar-refractivity contribution in [3.63, 3.8) is 0 Å². The highest BCUT2D eigenvalue weighted by molar-refractivity contribution is 5.94. The predicted octanol–water partition coefficient (Wildman–Crippen LogP) is 1.66. The van der Waals surface area contributed by atoms with Gasteiger partial charge in [-0.1, -0.05) is 13.3 Å². The molecule has 1 N–H and O–H groups in total. The number of unbranched alkanes of at least 4 members (excludes halogenated alkanes) is 1. The fourth-order valence-electron chi connectivity index (χ4n) is 1.84. The zero-order valence-electron chi connectivity index (χ0n) is 10.3. The molecule has 0 unspecified atom stereocenters. The molecular weight excluding hydrogens is 206 g/mol. The number of anilines is 1. The fraction of sp³-hybridized carbons (Fsp3) is 0.636. The summed E-state index contributed by atoms with van der Waals surface area (Å²) in [5.74, 6) is -0.234. The molecule has 5 nitrogen and oxygen atoms in total. The molecule has 0 aliphatic carbocycles. The lowest BCUT2D eigenvalue weighted by atomic mass is 10.2. The van der Waals surface area contributed by atoms with Gasteiger partial charge in [-0.15, -0.1) is 0 Å². The van der Waals surface area contributed by atoms with E-state index in [0.717, 1.165) is 19.4 Å². The summed E-state index contributed by atoms with van der Waals surface area (Å²) in [6, 6.07) is 0. The number of carboxylic acid groups (broad SMARTS) is 1. The number of carbonyl (C=O) groups is 1. The van der Waals surface area contributed by atoms with Crippen LogP contribution in [0.1, 0.15) is 35.8 Å². The highest BCUT2D eigenvalue weighted by Gasteiger charge is 2.21. The van der Waals surface area contributed by atoms with Gasteiger partial charge in [0.15, 0.2) is 0 Å². The largest absolute Gasteiger partial charge is 0.477 e. The first-order valence-corrected chi connectivity index (χ1v) is 5.47. The highest BCUT2D eigenvalue weighted by atomic mass is 16.4. The summed E-state index contributed by atoms with van der Waals surface area (Å²) in [7, 11) is 3.68. The van der Waals surface area contributed by atoms with Gasteiger partial charge >= 0.3 is 5.97 Å². The lowest BCUT2D eigenvalue weighted by Gasteiger charge is -2.19. The van der Waals surface area contributed by atoms with E-state index in [1.165, 1.54) is 0 Å². The number of hydrogen-bond donors (Lipinski definition) is 1. The summed E-state index contributed by atoms with van der Waals surface area (Å²) >= 11 is 0. The Kier molecular flexibility index (Phi) is 3.93. The molecule has 16 heavy (non-hydrogen) atoms. The molecular formula is C11H19N3O2. The van der Waals surface area contributed by atoms with Crippen LogP contribution in [0.25, 0.3) is 0 Å². The second-order valence-electron chi connectivity index (χ2n) is 3.99. The summed E-state index contributed by atoms with van der Waals surface area (Å²) in [4.78, 5) is 13.1. The van der Waals surface area contributed by atoms with Crippen LogP contribution in [0.4, 0.5) is 5.82 Å². The van der Waals surface area contributed by atoms with Crippen molar-refractivity contribution in [2.24, 2.45) is 7.05 Å². The van der Waals surface area contributed by atoms with E-state index in [1.54, 1.807) is 18.7 Å². The smallest absolute Gasteiger partial charge is 0.341 e. The minimum atomic E-state index is -0.913. The Morgan fingerprint density at radius 3 is 2.69 bits per heavy atom. The molecule has 1 heterocycles. The number of nitrogens with zero attached hydrogens (tertiary/aromatic N) is 3. The van der Waals surface area contributed by atoms with Gasteiger partial charge in [0.2, 0.25) is 0 Å². The predicted molar refractivity (Wildman–Crippen MR) is 63.1 cm³/mol. The maximum absolute atomic E-state index is 11.2. The second-order valence-corrected chi connectivity index (χ2v) is 3.99. The third-order valence-electron chi connectivity index (χ3n) is 2.61. The molecule has 0 aliphatic heterocycles. The van der Waals surface area contributed by atoms with E-state index in [-0.39, 0.29) is 0 Å². The fourth-order valence-corrected chi connectivity index (χ4v) is 1.84. The molecule has 0 radical (unpaired) electrons. The summed E-state index contributed by atoms with van der Waals surface area (Å²) in [5.41, 5.74) is 0.870. The zero-order valence-corrected chi connectivity index (χ0v) is 10.3. The van der Waals surface area contributed by atoms with E-state index in [0.29, 0.717) is 17.1 Å². The Balaban J connectivity index is 3.06. The Labute approximate surface area is 95.7 Å². The van der Waals surface area contributed by atoms with Gasteiger partial charge in [0.25, 0.3) is 0 Å². The van der Waals surface area contributed by atoms with Crippen molar-refractivity contribution in [2.75, 3.05) is 18.5 Å². The molecule has 90 valence electrons. The molecule has 0 saturated carbocycles. The van der Waals surface area contributed by atoms with E-state index >= 15 is 0 Å². The first-order chi connectivity index (χ1) is 7.49. The van der Waals surface area contributed by atoms with Crippen molar-refractivity contribution in [3.8, 4) is 0 Å². The molecule has 0 aliphatic rings. The van der Waals surface area contributed by atoms with Crippen LogP contribution < -0.4 is 4.90 Å². The molecule has 0 fully saturated rings. The Hall–Kier alpha value is -1.52. The van der Waals surface area contributed by atoms with Gasteiger partial charge in [-0.2, -0.15) is 5.10 Å². The van der Waals surface area contributed by atoms with E-state index in [4.69, 9.17) is 5.11 Å². The Morgan fingerprint density at radius 1 is 1.56 bits per heavy atom. The van der Waals surface area contributed by atoms with E-state index in [9.17, 15) is 4.79 Å². The number of hydrogen-bond acceptors (Lipinski definition) is 3. The number of aromatic nitrogens is 2.